The fourth-order valence-corrected chi connectivity index (χ4v) is 3.90. The number of aromatic nitrogens is 1. The molecule has 2 nitrogen and oxygen atoms in total. The molecule has 2 heterocycles. The highest BCUT2D eigenvalue weighted by Gasteiger charge is 2.15. The lowest BCUT2D eigenvalue weighted by Crippen LogP contribution is -2.26. The molecule has 1 saturated heterocycles. The monoisotopic (exact) mass is 322 g/mol. The van der Waals surface area contributed by atoms with Gasteiger partial charge >= 0.3 is 0 Å². The number of anilines is 1. The maximum atomic E-state index is 4.50. The van der Waals surface area contributed by atoms with Gasteiger partial charge in [-0.1, -0.05) is 28.1 Å². The molecule has 4 heteroatoms. The molecule has 1 N–H and O–H groups in total. The Morgan fingerprint density at radius 2 is 2.22 bits per heavy atom. The van der Waals surface area contributed by atoms with Gasteiger partial charge in [-0.3, -0.25) is 0 Å². The summed E-state index contributed by atoms with van der Waals surface area (Å²) in [5.41, 5.74) is 0. The lowest BCUT2D eigenvalue weighted by atomic mass is 10.1. The lowest BCUT2D eigenvalue weighted by Gasteiger charge is -2.23. The second-order valence-corrected chi connectivity index (χ2v) is 6.56. The molecule has 1 unspecified atom stereocenters. The van der Waals surface area contributed by atoms with Gasteiger partial charge in [-0.2, -0.15) is 11.8 Å². The average molecular weight is 323 g/mol. The maximum absolute atomic E-state index is 4.50. The molecule has 2 aromatic rings. The normalized spacial score (nSPS) is 19.9. The predicted octanol–water partition coefficient (Wildman–Crippen LogP) is 4.30. The van der Waals surface area contributed by atoms with Crippen LogP contribution >= 0.6 is 27.7 Å². The van der Waals surface area contributed by atoms with Crippen molar-refractivity contribution in [2.75, 3.05) is 16.8 Å². The Bertz CT molecular complexity index is 552. The smallest absolute Gasteiger partial charge is 0.134 e. The first-order valence-electron chi connectivity index (χ1n) is 6.22. The number of hydrogen-bond acceptors (Lipinski definition) is 3. The van der Waals surface area contributed by atoms with Crippen LogP contribution in [-0.4, -0.2) is 22.5 Å². The number of fused-ring (bicyclic) bond motifs is 1. The Morgan fingerprint density at radius 1 is 1.28 bits per heavy atom. The van der Waals surface area contributed by atoms with Crippen LogP contribution < -0.4 is 5.32 Å². The van der Waals surface area contributed by atoms with E-state index in [1.54, 1.807) is 0 Å². The van der Waals surface area contributed by atoms with Crippen molar-refractivity contribution >= 4 is 44.3 Å². The third-order valence-corrected chi connectivity index (χ3v) is 5.16. The van der Waals surface area contributed by atoms with Gasteiger partial charge in [0.05, 0.1) is 0 Å². The first kappa shape index (κ1) is 12.3. The molecule has 1 aromatic carbocycles. The molecule has 0 saturated carbocycles. The summed E-state index contributed by atoms with van der Waals surface area (Å²) in [5, 5.41) is 6.02. The van der Waals surface area contributed by atoms with E-state index in [9.17, 15) is 0 Å². The molecule has 0 aliphatic carbocycles. The number of nitrogens with zero attached hydrogens (tertiary/aromatic N) is 1. The van der Waals surface area contributed by atoms with Crippen molar-refractivity contribution in [2.24, 2.45) is 0 Å². The lowest BCUT2D eigenvalue weighted by molar-refractivity contribution is 0.683. The molecule has 0 radical (unpaired) electrons. The van der Waals surface area contributed by atoms with Crippen LogP contribution in [0.4, 0.5) is 5.82 Å². The molecule has 0 amide bonds. The van der Waals surface area contributed by atoms with E-state index in [1.165, 1.54) is 35.1 Å². The molecule has 1 aliphatic rings. The van der Waals surface area contributed by atoms with Crippen molar-refractivity contribution in [3.8, 4) is 0 Å². The third kappa shape index (κ3) is 2.50. The predicted molar refractivity (Wildman–Crippen MR) is 83.4 cm³/mol. The Labute approximate surface area is 120 Å². The van der Waals surface area contributed by atoms with E-state index >= 15 is 0 Å². The summed E-state index contributed by atoms with van der Waals surface area (Å²) in [4.78, 5) is 4.50. The third-order valence-electron chi connectivity index (χ3n) is 3.25. The molecule has 0 bridgehead atoms. The first-order valence-corrected chi connectivity index (χ1v) is 8.17. The van der Waals surface area contributed by atoms with Gasteiger partial charge < -0.3 is 5.32 Å². The van der Waals surface area contributed by atoms with Gasteiger partial charge in [-0.05, 0) is 30.7 Å². The topological polar surface area (TPSA) is 24.9 Å². The van der Waals surface area contributed by atoms with Crippen molar-refractivity contribution in [3.05, 3.63) is 34.9 Å². The summed E-state index contributed by atoms with van der Waals surface area (Å²) in [6.07, 6.45) is 4.43. The van der Waals surface area contributed by atoms with Gasteiger partial charge in [-0.15, -0.1) is 0 Å². The number of nitrogens with one attached hydrogen (secondary N) is 1. The van der Waals surface area contributed by atoms with Crippen LogP contribution in [0.3, 0.4) is 0 Å². The Kier molecular flexibility index (Phi) is 3.75. The fourth-order valence-electron chi connectivity index (χ4n) is 2.33. The molecular weight excluding hydrogens is 308 g/mol. The molecular formula is C14H15BrN2S. The molecule has 1 atom stereocenters. The summed E-state index contributed by atoms with van der Waals surface area (Å²) in [5.74, 6) is 3.50. The van der Waals surface area contributed by atoms with Crippen molar-refractivity contribution < 1.29 is 0 Å². The van der Waals surface area contributed by atoms with E-state index in [2.05, 4.69) is 50.5 Å². The molecule has 94 valence electrons. The van der Waals surface area contributed by atoms with Crippen LogP contribution in [-0.2, 0) is 0 Å². The van der Waals surface area contributed by atoms with Gasteiger partial charge in [-0.25, -0.2) is 4.98 Å². The Hall–Kier alpha value is -0.740. The molecule has 3 rings (SSSR count). The largest absolute Gasteiger partial charge is 0.366 e. The van der Waals surface area contributed by atoms with Gasteiger partial charge in [0.2, 0.25) is 0 Å². The maximum Gasteiger partial charge on any atom is 0.134 e. The van der Waals surface area contributed by atoms with E-state index in [0.29, 0.717) is 6.04 Å². The highest BCUT2D eigenvalue weighted by molar-refractivity contribution is 9.10. The van der Waals surface area contributed by atoms with E-state index in [0.717, 1.165) is 10.3 Å². The number of benzene rings is 1. The van der Waals surface area contributed by atoms with Crippen LogP contribution in [0.5, 0.6) is 0 Å². The van der Waals surface area contributed by atoms with E-state index in [1.807, 2.05) is 18.0 Å². The van der Waals surface area contributed by atoms with Crippen LogP contribution in [0.15, 0.2) is 34.9 Å². The zero-order valence-corrected chi connectivity index (χ0v) is 12.4. The summed E-state index contributed by atoms with van der Waals surface area (Å²) in [7, 11) is 0. The second kappa shape index (κ2) is 5.49. The Morgan fingerprint density at radius 3 is 3.06 bits per heavy atom. The first-order chi connectivity index (χ1) is 8.84. The molecule has 1 aromatic heterocycles. The van der Waals surface area contributed by atoms with E-state index < -0.39 is 0 Å². The number of hydrogen-bond donors (Lipinski definition) is 1. The SMILES string of the molecule is Brc1cccc2c(NC3CCCSC3)nccc12. The molecule has 0 spiro atoms. The standard InChI is InChI=1S/C14H15BrN2S/c15-13-5-1-4-12-11(13)6-7-16-14(12)17-10-3-2-8-18-9-10/h1,4-7,10H,2-3,8-9H2,(H,16,17). The molecule has 1 aliphatic heterocycles. The molecule has 1 fully saturated rings. The summed E-state index contributed by atoms with van der Waals surface area (Å²) in [6.45, 7) is 0. The summed E-state index contributed by atoms with van der Waals surface area (Å²) >= 11 is 5.63. The van der Waals surface area contributed by atoms with Gasteiger partial charge in [0.1, 0.15) is 5.82 Å². The number of halogens is 1. The summed E-state index contributed by atoms with van der Waals surface area (Å²) < 4.78 is 1.13. The number of rotatable bonds is 2. The zero-order valence-electron chi connectivity index (χ0n) is 10.0. The summed E-state index contributed by atoms with van der Waals surface area (Å²) in [6, 6.07) is 8.88. The van der Waals surface area contributed by atoms with Crippen LogP contribution in [0.25, 0.3) is 10.8 Å². The van der Waals surface area contributed by atoms with Crippen LogP contribution in [0.2, 0.25) is 0 Å². The zero-order chi connectivity index (χ0) is 12.4. The van der Waals surface area contributed by atoms with Crippen LogP contribution in [0.1, 0.15) is 12.8 Å². The van der Waals surface area contributed by atoms with Crippen molar-refractivity contribution in [2.45, 2.75) is 18.9 Å². The highest BCUT2D eigenvalue weighted by atomic mass is 79.9. The number of pyridine rings is 1. The van der Waals surface area contributed by atoms with Crippen molar-refractivity contribution in [1.82, 2.24) is 4.98 Å². The minimum atomic E-state index is 0.556. The second-order valence-electron chi connectivity index (χ2n) is 4.55. The highest BCUT2D eigenvalue weighted by Crippen LogP contribution is 2.29. The quantitative estimate of drug-likeness (QED) is 0.892. The average Bonchev–Trinajstić information content (AvgIpc) is 2.41. The van der Waals surface area contributed by atoms with E-state index in [4.69, 9.17) is 0 Å². The van der Waals surface area contributed by atoms with Crippen molar-refractivity contribution in [1.29, 1.82) is 0 Å². The van der Waals surface area contributed by atoms with E-state index in [-0.39, 0.29) is 0 Å². The number of thioether (sulfide) groups is 1. The Balaban J connectivity index is 1.93. The fraction of sp³-hybridized carbons (Fsp3) is 0.357. The van der Waals surface area contributed by atoms with Gasteiger partial charge in [0.25, 0.3) is 0 Å². The minimum absolute atomic E-state index is 0.556. The van der Waals surface area contributed by atoms with Crippen molar-refractivity contribution in [3.63, 3.8) is 0 Å². The molecule has 18 heavy (non-hydrogen) atoms. The minimum Gasteiger partial charge on any atom is -0.366 e. The van der Waals surface area contributed by atoms with Gasteiger partial charge in [0.15, 0.2) is 0 Å². The van der Waals surface area contributed by atoms with Gasteiger partial charge in [0, 0.05) is 33.2 Å². The van der Waals surface area contributed by atoms with Crippen LogP contribution in [0, 0.1) is 0 Å².